The molecule has 0 bridgehead atoms. The third-order valence-electron chi connectivity index (χ3n) is 2.71. The van der Waals surface area contributed by atoms with Gasteiger partial charge in [0.15, 0.2) is 5.69 Å². The van der Waals surface area contributed by atoms with E-state index in [-0.39, 0.29) is 16.9 Å². The summed E-state index contributed by atoms with van der Waals surface area (Å²) in [5.74, 6) is -0.972. The summed E-state index contributed by atoms with van der Waals surface area (Å²) in [5, 5.41) is 5.46. The minimum atomic E-state index is -4.78. The number of halogens is 5. The number of rotatable bonds is 3. The lowest BCUT2D eigenvalue weighted by Crippen LogP contribution is -2.25. The predicted octanol–water partition coefficient (Wildman–Crippen LogP) is 3.07. The van der Waals surface area contributed by atoms with Crippen molar-refractivity contribution in [3.8, 4) is 0 Å². The molecule has 0 unspecified atom stereocenters. The Balaban J connectivity index is 2.21. The maximum Gasteiger partial charge on any atom is 0.436 e. The average molecular weight is 353 g/mol. The van der Waals surface area contributed by atoms with Gasteiger partial charge in [-0.25, -0.2) is 4.98 Å². The van der Waals surface area contributed by atoms with Crippen LogP contribution in [-0.4, -0.2) is 20.7 Å². The molecule has 0 aromatic carbocycles. The number of hydrogen-bond donors (Lipinski definition) is 1. The number of nitrogens with one attached hydrogen (secondary N) is 1. The quantitative estimate of drug-likeness (QED) is 0.863. The van der Waals surface area contributed by atoms with E-state index < -0.39 is 23.3 Å². The van der Waals surface area contributed by atoms with Crippen LogP contribution in [-0.2, 0) is 19.8 Å². The van der Waals surface area contributed by atoms with E-state index in [9.17, 15) is 18.0 Å². The lowest BCUT2D eigenvalue weighted by Gasteiger charge is -2.08. The summed E-state index contributed by atoms with van der Waals surface area (Å²) in [4.78, 5) is 15.8. The van der Waals surface area contributed by atoms with E-state index in [4.69, 9.17) is 23.2 Å². The summed E-state index contributed by atoms with van der Waals surface area (Å²) in [6.07, 6.45) is -3.38. The van der Waals surface area contributed by atoms with Crippen LogP contribution >= 0.6 is 23.2 Å². The summed E-state index contributed by atoms with van der Waals surface area (Å²) in [5.41, 5.74) is -1.46. The van der Waals surface area contributed by atoms with Crippen LogP contribution in [0, 0.1) is 0 Å². The van der Waals surface area contributed by atoms with Crippen LogP contribution < -0.4 is 5.32 Å². The molecule has 118 valence electrons. The molecule has 2 aromatic heterocycles. The highest BCUT2D eigenvalue weighted by atomic mass is 35.5. The van der Waals surface area contributed by atoms with Gasteiger partial charge in [-0.1, -0.05) is 29.3 Å². The van der Waals surface area contributed by atoms with E-state index >= 15 is 0 Å². The fraction of sp³-hybridized carbons (Fsp3) is 0.250. The van der Waals surface area contributed by atoms with Crippen LogP contribution in [0.25, 0.3) is 0 Å². The molecule has 2 aromatic rings. The molecule has 10 heteroatoms. The van der Waals surface area contributed by atoms with Gasteiger partial charge < -0.3 is 5.32 Å². The van der Waals surface area contributed by atoms with Gasteiger partial charge in [0.05, 0.1) is 0 Å². The molecule has 0 atom stereocenters. The minimum Gasteiger partial charge on any atom is -0.348 e. The van der Waals surface area contributed by atoms with Crippen molar-refractivity contribution in [2.45, 2.75) is 12.7 Å². The van der Waals surface area contributed by atoms with Crippen molar-refractivity contribution in [1.29, 1.82) is 0 Å². The highest BCUT2D eigenvalue weighted by Crippen LogP contribution is 2.34. The second-order valence-corrected chi connectivity index (χ2v) is 5.05. The van der Waals surface area contributed by atoms with Crippen LogP contribution in [0.2, 0.25) is 10.3 Å². The van der Waals surface area contributed by atoms with Gasteiger partial charge in [-0.05, 0) is 11.6 Å². The maximum absolute atomic E-state index is 12.9. The summed E-state index contributed by atoms with van der Waals surface area (Å²) in [7, 11) is 1.22. The van der Waals surface area contributed by atoms with Crippen molar-refractivity contribution in [1.82, 2.24) is 20.1 Å². The highest BCUT2D eigenvalue weighted by molar-refractivity contribution is 6.33. The van der Waals surface area contributed by atoms with Gasteiger partial charge in [0, 0.05) is 19.8 Å². The first-order chi connectivity index (χ1) is 10.2. The zero-order valence-electron chi connectivity index (χ0n) is 11.1. The zero-order chi connectivity index (χ0) is 16.5. The fourth-order valence-corrected chi connectivity index (χ4v) is 2.01. The summed E-state index contributed by atoms with van der Waals surface area (Å²) in [6.45, 7) is -0.0223. The smallest absolute Gasteiger partial charge is 0.348 e. The lowest BCUT2D eigenvalue weighted by molar-refractivity contribution is -0.141. The van der Waals surface area contributed by atoms with E-state index in [1.165, 1.54) is 19.3 Å². The third kappa shape index (κ3) is 3.50. The molecule has 0 fully saturated rings. The van der Waals surface area contributed by atoms with Crippen molar-refractivity contribution >= 4 is 29.1 Å². The van der Waals surface area contributed by atoms with Crippen molar-refractivity contribution in [3.05, 3.63) is 45.5 Å². The van der Waals surface area contributed by atoms with Gasteiger partial charge >= 0.3 is 6.18 Å². The van der Waals surface area contributed by atoms with Crippen LogP contribution in [0.1, 0.15) is 21.6 Å². The molecule has 5 nitrogen and oxygen atoms in total. The molecule has 0 radical (unpaired) electrons. The molecular formula is C12H9Cl2F3N4O. The van der Waals surface area contributed by atoms with Crippen molar-refractivity contribution in [3.63, 3.8) is 0 Å². The molecule has 0 aliphatic rings. The van der Waals surface area contributed by atoms with E-state index in [1.807, 2.05) is 0 Å². The molecule has 0 aliphatic heterocycles. The Morgan fingerprint density at radius 2 is 2.05 bits per heavy atom. The molecule has 2 rings (SSSR count). The number of aryl methyl sites for hydroxylation is 1. The van der Waals surface area contributed by atoms with Crippen LogP contribution in [0.15, 0.2) is 18.3 Å². The first-order valence-corrected chi connectivity index (χ1v) is 6.64. The number of pyridine rings is 1. The molecule has 0 spiro atoms. The molecular weight excluding hydrogens is 344 g/mol. The molecule has 0 saturated heterocycles. The largest absolute Gasteiger partial charge is 0.436 e. The molecule has 2 heterocycles. The Morgan fingerprint density at radius 1 is 1.36 bits per heavy atom. The Bertz CT molecular complexity index is 698. The zero-order valence-corrected chi connectivity index (χ0v) is 12.6. The van der Waals surface area contributed by atoms with Gasteiger partial charge in [-0.2, -0.15) is 18.3 Å². The minimum absolute atomic E-state index is 0.0223. The number of alkyl halides is 3. The summed E-state index contributed by atoms with van der Waals surface area (Å²) < 4.78 is 39.4. The van der Waals surface area contributed by atoms with Gasteiger partial charge in [0.2, 0.25) is 0 Å². The second kappa shape index (κ2) is 6.13. The monoisotopic (exact) mass is 352 g/mol. The van der Waals surface area contributed by atoms with Crippen LogP contribution in [0.3, 0.4) is 0 Å². The Labute approximate surface area is 133 Å². The summed E-state index contributed by atoms with van der Waals surface area (Å²) >= 11 is 11.3. The maximum atomic E-state index is 12.9. The average Bonchev–Trinajstić information content (AvgIpc) is 2.74. The fourth-order valence-electron chi connectivity index (χ4n) is 1.68. The molecule has 22 heavy (non-hydrogen) atoms. The van der Waals surface area contributed by atoms with Crippen LogP contribution in [0.4, 0.5) is 13.2 Å². The standard InChI is InChI=1S/C12H9Cl2F3N4O/c1-21-10(14)8(9(20-21)12(15,16)17)11(22)19-5-6-2-3-7(13)18-4-6/h2-4H,5H2,1H3,(H,19,22). The van der Waals surface area contributed by atoms with Gasteiger partial charge in [0.1, 0.15) is 15.9 Å². The first kappa shape index (κ1) is 16.6. The van der Waals surface area contributed by atoms with Gasteiger partial charge in [0.25, 0.3) is 5.91 Å². The second-order valence-electron chi connectivity index (χ2n) is 4.31. The Kier molecular flexibility index (Phi) is 4.62. The van der Waals surface area contributed by atoms with E-state index in [2.05, 4.69) is 15.4 Å². The first-order valence-electron chi connectivity index (χ1n) is 5.88. The summed E-state index contributed by atoms with van der Waals surface area (Å²) in [6, 6.07) is 3.09. The van der Waals surface area contributed by atoms with Crippen molar-refractivity contribution < 1.29 is 18.0 Å². The number of hydrogen-bond acceptors (Lipinski definition) is 3. The lowest BCUT2D eigenvalue weighted by atomic mass is 10.2. The SMILES string of the molecule is Cn1nc(C(F)(F)F)c(C(=O)NCc2ccc(Cl)nc2)c1Cl. The van der Waals surface area contributed by atoms with E-state index in [0.29, 0.717) is 5.56 Å². The third-order valence-corrected chi connectivity index (χ3v) is 3.37. The number of nitrogens with zero attached hydrogens (tertiary/aromatic N) is 3. The Morgan fingerprint density at radius 3 is 2.59 bits per heavy atom. The van der Waals surface area contributed by atoms with Crippen molar-refractivity contribution in [2.75, 3.05) is 0 Å². The van der Waals surface area contributed by atoms with Gasteiger partial charge in [-0.3, -0.25) is 9.48 Å². The number of amides is 1. The Hall–Kier alpha value is -1.80. The predicted molar refractivity (Wildman–Crippen MR) is 73.6 cm³/mol. The van der Waals surface area contributed by atoms with Crippen molar-refractivity contribution in [2.24, 2.45) is 7.05 Å². The molecule has 1 N–H and O–H groups in total. The van der Waals surface area contributed by atoms with E-state index in [0.717, 1.165) is 4.68 Å². The van der Waals surface area contributed by atoms with Gasteiger partial charge in [-0.15, -0.1) is 0 Å². The molecule has 0 aliphatic carbocycles. The number of carbonyl (C=O) groups is 1. The highest BCUT2D eigenvalue weighted by Gasteiger charge is 2.40. The normalized spacial score (nSPS) is 11.5. The number of aromatic nitrogens is 3. The topological polar surface area (TPSA) is 59.8 Å². The number of carbonyl (C=O) groups excluding carboxylic acids is 1. The van der Waals surface area contributed by atoms with E-state index in [1.54, 1.807) is 6.07 Å². The molecule has 1 amide bonds. The van der Waals surface area contributed by atoms with Crippen LogP contribution in [0.5, 0.6) is 0 Å². The molecule has 0 saturated carbocycles.